The number of aliphatic hydroxyl groups is 1. The molecule has 1 aromatic carbocycles. The van der Waals surface area contributed by atoms with Gasteiger partial charge in [0.1, 0.15) is 0 Å². The Hall–Kier alpha value is -1.24. The highest BCUT2D eigenvalue weighted by atomic mass is 79.9. The maximum absolute atomic E-state index is 9.50. The molecule has 1 heterocycles. The first kappa shape index (κ1) is 14.7. The van der Waals surface area contributed by atoms with Gasteiger partial charge < -0.3 is 14.8 Å². The van der Waals surface area contributed by atoms with E-state index in [1.54, 1.807) is 0 Å². The fourth-order valence-electron chi connectivity index (χ4n) is 2.69. The molecule has 0 bridgehead atoms. The van der Waals surface area contributed by atoms with Crippen LogP contribution in [-0.4, -0.2) is 28.0 Å². The lowest BCUT2D eigenvalue weighted by Gasteiger charge is -2.08. The minimum Gasteiger partial charge on any atom is -0.419 e. The Balaban J connectivity index is 1.55. The predicted molar refractivity (Wildman–Crippen MR) is 82.5 cm³/mol. The van der Waals surface area contributed by atoms with Crippen LogP contribution in [0.5, 0.6) is 0 Å². The molecule has 2 atom stereocenters. The van der Waals surface area contributed by atoms with Crippen LogP contribution in [0.25, 0.3) is 11.5 Å². The molecule has 0 aliphatic heterocycles. The third-order valence-corrected chi connectivity index (χ3v) is 4.49. The summed E-state index contributed by atoms with van der Waals surface area (Å²) in [5.41, 5.74) is 0.898. The van der Waals surface area contributed by atoms with Gasteiger partial charge in [-0.05, 0) is 59.8 Å². The number of rotatable bonds is 5. The summed E-state index contributed by atoms with van der Waals surface area (Å²) in [5, 5.41) is 21.0. The van der Waals surface area contributed by atoms with E-state index in [0.717, 1.165) is 35.8 Å². The van der Waals surface area contributed by atoms with Gasteiger partial charge in [0.15, 0.2) is 0 Å². The summed E-state index contributed by atoms with van der Waals surface area (Å²) in [6.07, 6.45) is 2.76. The van der Waals surface area contributed by atoms with E-state index in [0.29, 0.717) is 24.2 Å². The van der Waals surface area contributed by atoms with Gasteiger partial charge in [-0.1, -0.05) is 12.1 Å². The molecule has 3 rings (SSSR count). The standard InChI is InChI=1S/C15H18BrN3O2/c16-13-4-2-1-3-12(13)15-19-18-14(21-15)9-17-8-10-5-6-11(20)7-10/h1-4,10-11,17,20H,5-9H2. The van der Waals surface area contributed by atoms with Gasteiger partial charge >= 0.3 is 0 Å². The summed E-state index contributed by atoms with van der Waals surface area (Å²) in [7, 11) is 0. The molecule has 0 radical (unpaired) electrons. The summed E-state index contributed by atoms with van der Waals surface area (Å²) in [6.45, 7) is 1.44. The zero-order valence-electron chi connectivity index (χ0n) is 11.6. The van der Waals surface area contributed by atoms with Gasteiger partial charge in [-0.15, -0.1) is 10.2 Å². The molecule has 6 heteroatoms. The molecule has 0 amide bonds. The second-order valence-electron chi connectivity index (χ2n) is 5.44. The summed E-state index contributed by atoms with van der Waals surface area (Å²) >= 11 is 3.48. The Bertz CT molecular complexity index is 602. The number of benzene rings is 1. The fraction of sp³-hybridized carbons (Fsp3) is 0.467. The zero-order valence-corrected chi connectivity index (χ0v) is 13.2. The highest BCUT2D eigenvalue weighted by molar-refractivity contribution is 9.10. The largest absolute Gasteiger partial charge is 0.419 e. The predicted octanol–water partition coefficient (Wildman–Crippen LogP) is 2.75. The number of nitrogens with one attached hydrogen (secondary N) is 1. The SMILES string of the molecule is OC1CCC(CNCc2nnc(-c3ccccc3Br)o2)C1. The number of halogens is 1. The van der Waals surface area contributed by atoms with E-state index in [4.69, 9.17) is 4.42 Å². The van der Waals surface area contributed by atoms with Gasteiger partial charge in [-0.3, -0.25) is 0 Å². The lowest BCUT2D eigenvalue weighted by Crippen LogP contribution is -2.21. The van der Waals surface area contributed by atoms with Crippen LogP contribution in [0, 0.1) is 5.92 Å². The number of aromatic nitrogens is 2. The zero-order chi connectivity index (χ0) is 14.7. The van der Waals surface area contributed by atoms with E-state index in [-0.39, 0.29) is 6.10 Å². The van der Waals surface area contributed by atoms with Gasteiger partial charge in [0, 0.05) is 4.47 Å². The van der Waals surface area contributed by atoms with Crippen LogP contribution in [0.3, 0.4) is 0 Å². The van der Waals surface area contributed by atoms with Crippen molar-refractivity contribution in [3.8, 4) is 11.5 Å². The van der Waals surface area contributed by atoms with Crippen molar-refractivity contribution in [2.75, 3.05) is 6.54 Å². The van der Waals surface area contributed by atoms with Crippen molar-refractivity contribution in [2.24, 2.45) is 5.92 Å². The van der Waals surface area contributed by atoms with Crippen LogP contribution in [0.15, 0.2) is 33.2 Å². The molecule has 1 aliphatic carbocycles. The first-order valence-electron chi connectivity index (χ1n) is 7.18. The van der Waals surface area contributed by atoms with Crippen LogP contribution in [0.4, 0.5) is 0 Å². The molecule has 5 nitrogen and oxygen atoms in total. The van der Waals surface area contributed by atoms with Gasteiger partial charge in [-0.2, -0.15) is 0 Å². The molecule has 2 aromatic rings. The van der Waals surface area contributed by atoms with E-state index in [1.807, 2.05) is 24.3 Å². The molecule has 21 heavy (non-hydrogen) atoms. The normalized spacial score (nSPS) is 21.8. The van der Waals surface area contributed by atoms with Crippen molar-refractivity contribution in [3.05, 3.63) is 34.6 Å². The second kappa shape index (κ2) is 6.68. The van der Waals surface area contributed by atoms with E-state index in [1.165, 1.54) is 0 Å². The molecule has 2 N–H and O–H groups in total. The lowest BCUT2D eigenvalue weighted by atomic mass is 10.1. The van der Waals surface area contributed by atoms with E-state index >= 15 is 0 Å². The number of aliphatic hydroxyl groups excluding tert-OH is 1. The first-order valence-corrected chi connectivity index (χ1v) is 7.97. The van der Waals surface area contributed by atoms with E-state index in [9.17, 15) is 5.11 Å². The molecule has 0 saturated heterocycles. The summed E-state index contributed by atoms with van der Waals surface area (Å²) in [5.74, 6) is 1.65. The number of nitrogens with zero attached hydrogens (tertiary/aromatic N) is 2. The Labute approximate surface area is 131 Å². The maximum atomic E-state index is 9.50. The number of hydrogen-bond donors (Lipinski definition) is 2. The monoisotopic (exact) mass is 351 g/mol. The lowest BCUT2D eigenvalue weighted by molar-refractivity contribution is 0.177. The molecule has 1 fully saturated rings. The Morgan fingerprint density at radius 2 is 2.14 bits per heavy atom. The van der Waals surface area contributed by atoms with Crippen LogP contribution in [-0.2, 0) is 6.54 Å². The number of hydrogen-bond acceptors (Lipinski definition) is 5. The van der Waals surface area contributed by atoms with Crippen molar-refractivity contribution in [1.29, 1.82) is 0 Å². The maximum Gasteiger partial charge on any atom is 0.248 e. The third-order valence-electron chi connectivity index (χ3n) is 3.79. The molecule has 2 unspecified atom stereocenters. The Kier molecular flexibility index (Phi) is 4.67. The quantitative estimate of drug-likeness (QED) is 0.866. The molecular formula is C15H18BrN3O2. The van der Waals surface area contributed by atoms with Crippen molar-refractivity contribution in [1.82, 2.24) is 15.5 Å². The first-order chi connectivity index (χ1) is 10.2. The van der Waals surface area contributed by atoms with Crippen molar-refractivity contribution >= 4 is 15.9 Å². The molecular weight excluding hydrogens is 334 g/mol. The molecule has 112 valence electrons. The van der Waals surface area contributed by atoms with Gasteiger partial charge in [-0.25, -0.2) is 0 Å². The Morgan fingerprint density at radius 1 is 1.29 bits per heavy atom. The van der Waals surface area contributed by atoms with Crippen LogP contribution in [0.2, 0.25) is 0 Å². The minimum atomic E-state index is -0.123. The van der Waals surface area contributed by atoms with Crippen LogP contribution >= 0.6 is 15.9 Å². The van der Waals surface area contributed by atoms with Gasteiger partial charge in [0.05, 0.1) is 18.2 Å². The Morgan fingerprint density at radius 3 is 2.90 bits per heavy atom. The second-order valence-corrected chi connectivity index (χ2v) is 6.30. The van der Waals surface area contributed by atoms with Crippen molar-refractivity contribution < 1.29 is 9.52 Å². The summed E-state index contributed by atoms with van der Waals surface area (Å²) in [4.78, 5) is 0. The third kappa shape index (κ3) is 3.70. The topological polar surface area (TPSA) is 71.2 Å². The van der Waals surface area contributed by atoms with E-state index in [2.05, 4.69) is 31.4 Å². The summed E-state index contributed by atoms with van der Waals surface area (Å²) in [6, 6.07) is 7.77. The molecule has 0 spiro atoms. The molecule has 1 aliphatic rings. The van der Waals surface area contributed by atoms with Crippen LogP contribution < -0.4 is 5.32 Å². The summed E-state index contributed by atoms with van der Waals surface area (Å²) < 4.78 is 6.61. The van der Waals surface area contributed by atoms with E-state index < -0.39 is 0 Å². The van der Waals surface area contributed by atoms with Crippen molar-refractivity contribution in [3.63, 3.8) is 0 Å². The smallest absolute Gasteiger partial charge is 0.248 e. The molecule has 1 saturated carbocycles. The van der Waals surface area contributed by atoms with Gasteiger partial charge in [0.2, 0.25) is 11.8 Å². The highest BCUT2D eigenvalue weighted by Crippen LogP contribution is 2.27. The average Bonchev–Trinajstić information content (AvgIpc) is 3.09. The molecule has 1 aromatic heterocycles. The minimum absolute atomic E-state index is 0.123. The van der Waals surface area contributed by atoms with Crippen molar-refractivity contribution in [2.45, 2.75) is 31.9 Å². The average molecular weight is 352 g/mol. The fourth-order valence-corrected chi connectivity index (χ4v) is 3.14. The highest BCUT2D eigenvalue weighted by Gasteiger charge is 2.22. The van der Waals surface area contributed by atoms with Gasteiger partial charge in [0.25, 0.3) is 0 Å². The van der Waals surface area contributed by atoms with Crippen LogP contribution in [0.1, 0.15) is 25.2 Å².